The van der Waals surface area contributed by atoms with Gasteiger partial charge in [-0.2, -0.15) is 0 Å². The molecule has 0 aliphatic heterocycles. The van der Waals surface area contributed by atoms with Crippen LogP contribution in [0.15, 0.2) is 0 Å². The van der Waals surface area contributed by atoms with Gasteiger partial charge in [0.2, 0.25) is 0 Å². The average molecular weight is 352 g/mol. The zero-order valence-electron chi connectivity index (χ0n) is 8.18. The topological polar surface area (TPSA) is 34.1 Å². The lowest BCUT2D eigenvalue weighted by molar-refractivity contribution is 0.600. The second-order valence-electron chi connectivity index (χ2n) is 4.38. The number of alkyl halides is 2. The zero-order chi connectivity index (χ0) is 10.7. The summed E-state index contributed by atoms with van der Waals surface area (Å²) in [6.45, 7) is 6.71. The number of hydrogen-bond donors (Lipinski definition) is 0. The molecule has 0 aliphatic carbocycles. The van der Waals surface area contributed by atoms with Crippen LogP contribution in [0.4, 0.5) is 0 Å². The lowest BCUT2D eigenvalue weighted by Gasteiger charge is -2.19. The predicted octanol–water partition coefficient (Wildman–Crippen LogP) is 2.86. The molecule has 80 valence electrons. The van der Waals surface area contributed by atoms with Crippen molar-refractivity contribution < 1.29 is 8.42 Å². The monoisotopic (exact) mass is 350 g/mol. The molecule has 2 nitrogen and oxygen atoms in total. The molecular formula is C7H16Br2O2SSi. The Balaban J connectivity index is 4.10. The van der Waals surface area contributed by atoms with Gasteiger partial charge in [-0.05, 0) is 6.04 Å². The number of rotatable bonds is 5. The molecule has 0 heterocycles. The second-order valence-corrected chi connectivity index (χ2v) is 14.6. The van der Waals surface area contributed by atoms with Crippen molar-refractivity contribution in [3.8, 4) is 0 Å². The van der Waals surface area contributed by atoms with E-state index in [1.807, 2.05) is 0 Å². The summed E-state index contributed by atoms with van der Waals surface area (Å²) in [7, 11) is -4.06. The summed E-state index contributed by atoms with van der Waals surface area (Å²) in [5.41, 5.74) is 0. The minimum atomic E-state index is -2.90. The highest BCUT2D eigenvalue weighted by Crippen LogP contribution is 2.19. The third kappa shape index (κ3) is 8.14. The Hall–Kier alpha value is 1.13. The van der Waals surface area contributed by atoms with Crippen LogP contribution in [0.25, 0.3) is 0 Å². The highest BCUT2D eigenvalue weighted by Gasteiger charge is 2.22. The minimum absolute atomic E-state index is 0.0633. The van der Waals surface area contributed by atoms with Crippen molar-refractivity contribution in [2.24, 2.45) is 0 Å². The van der Waals surface area contributed by atoms with E-state index >= 15 is 0 Å². The van der Waals surface area contributed by atoms with E-state index in [1.165, 1.54) is 0 Å². The Morgan fingerprint density at radius 2 is 1.77 bits per heavy atom. The van der Waals surface area contributed by atoms with E-state index in [-0.39, 0.29) is 15.2 Å². The van der Waals surface area contributed by atoms with Gasteiger partial charge in [0.1, 0.15) is 4.66 Å². The van der Waals surface area contributed by atoms with Crippen LogP contribution in [0.2, 0.25) is 25.7 Å². The smallest absolute Gasteiger partial charge is 0.161 e. The quantitative estimate of drug-likeness (QED) is 0.563. The Morgan fingerprint density at radius 1 is 1.31 bits per heavy atom. The van der Waals surface area contributed by atoms with Crippen LogP contribution in [-0.2, 0) is 9.84 Å². The van der Waals surface area contributed by atoms with Crippen molar-refractivity contribution >= 4 is 49.8 Å². The van der Waals surface area contributed by atoms with Crippen LogP contribution in [0.5, 0.6) is 0 Å². The standard InChI is InChI=1S/C7H16Br2O2SSi/c1-13(2,3)5-7(9)4-12(10,11)6-8/h7H,4-6H2,1-3H3. The van der Waals surface area contributed by atoms with Crippen molar-refractivity contribution in [3.05, 3.63) is 0 Å². The highest BCUT2D eigenvalue weighted by molar-refractivity contribution is 9.11. The molecule has 0 amide bonds. The molecule has 0 radical (unpaired) electrons. The molecule has 0 aromatic rings. The van der Waals surface area contributed by atoms with E-state index in [0.29, 0.717) is 0 Å². The molecule has 0 spiro atoms. The first-order valence-electron chi connectivity index (χ1n) is 4.07. The molecule has 0 aliphatic rings. The molecule has 13 heavy (non-hydrogen) atoms. The summed E-state index contributed by atoms with van der Waals surface area (Å²) >= 11 is 6.41. The normalized spacial score (nSPS) is 15.8. The first-order valence-corrected chi connectivity index (χ1v) is 11.6. The molecule has 1 unspecified atom stereocenters. The van der Waals surface area contributed by atoms with E-state index in [1.54, 1.807) is 0 Å². The molecule has 0 aromatic carbocycles. The molecule has 0 bridgehead atoms. The first-order chi connectivity index (χ1) is 5.66. The Bertz CT molecular complexity index is 246. The van der Waals surface area contributed by atoms with Crippen LogP contribution >= 0.6 is 31.9 Å². The van der Waals surface area contributed by atoms with Gasteiger partial charge in [-0.1, -0.05) is 51.5 Å². The molecule has 0 rings (SSSR count). The molecular weight excluding hydrogens is 336 g/mol. The van der Waals surface area contributed by atoms with Crippen molar-refractivity contribution in [3.63, 3.8) is 0 Å². The van der Waals surface area contributed by atoms with Crippen LogP contribution in [0.1, 0.15) is 0 Å². The Morgan fingerprint density at radius 3 is 2.08 bits per heavy atom. The van der Waals surface area contributed by atoms with E-state index in [9.17, 15) is 8.42 Å². The summed E-state index contributed by atoms with van der Waals surface area (Å²) in [6, 6.07) is 0.999. The maximum Gasteiger partial charge on any atom is 0.161 e. The van der Waals surface area contributed by atoms with Gasteiger partial charge in [0.15, 0.2) is 9.84 Å². The third-order valence-electron chi connectivity index (χ3n) is 1.43. The fraction of sp³-hybridized carbons (Fsp3) is 1.00. The molecule has 0 N–H and O–H groups in total. The zero-order valence-corrected chi connectivity index (χ0v) is 13.2. The summed E-state index contributed by atoms with van der Waals surface area (Å²) in [5, 5.41) is 0. The van der Waals surface area contributed by atoms with E-state index in [4.69, 9.17) is 0 Å². The van der Waals surface area contributed by atoms with Crippen molar-refractivity contribution in [1.29, 1.82) is 0 Å². The predicted molar refractivity (Wildman–Crippen MR) is 68.4 cm³/mol. The SMILES string of the molecule is C[Si](C)(C)CC(Br)CS(=O)(=O)CBr. The lowest BCUT2D eigenvalue weighted by Crippen LogP contribution is -2.28. The summed E-state index contributed by atoms with van der Waals surface area (Å²) < 4.78 is 22.5. The van der Waals surface area contributed by atoms with Gasteiger partial charge in [-0.25, -0.2) is 8.42 Å². The summed E-state index contributed by atoms with van der Waals surface area (Å²) in [6.07, 6.45) is 0. The molecule has 0 fully saturated rings. The average Bonchev–Trinajstić information content (AvgIpc) is 1.81. The summed E-state index contributed by atoms with van der Waals surface area (Å²) in [4.78, 5) is 0.113. The maximum absolute atomic E-state index is 11.2. The van der Waals surface area contributed by atoms with Gasteiger partial charge in [0.25, 0.3) is 0 Å². The molecule has 1 atom stereocenters. The van der Waals surface area contributed by atoms with Gasteiger partial charge in [-0.3, -0.25) is 0 Å². The maximum atomic E-state index is 11.2. The van der Waals surface area contributed by atoms with E-state index in [2.05, 4.69) is 51.5 Å². The van der Waals surface area contributed by atoms with E-state index in [0.717, 1.165) is 6.04 Å². The van der Waals surface area contributed by atoms with Gasteiger partial charge in [-0.15, -0.1) is 0 Å². The van der Waals surface area contributed by atoms with Gasteiger partial charge >= 0.3 is 0 Å². The van der Waals surface area contributed by atoms with Crippen molar-refractivity contribution in [2.75, 3.05) is 10.4 Å². The largest absolute Gasteiger partial charge is 0.228 e. The second kappa shape index (κ2) is 5.28. The van der Waals surface area contributed by atoms with Gasteiger partial charge in [0.05, 0.1) is 5.75 Å². The van der Waals surface area contributed by atoms with Gasteiger partial charge in [0, 0.05) is 12.9 Å². The van der Waals surface area contributed by atoms with Gasteiger partial charge < -0.3 is 0 Å². The Labute approximate surface area is 98.7 Å². The van der Waals surface area contributed by atoms with Crippen LogP contribution in [0.3, 0.4) is 0 Å². The van der Waals surface area contributed by atoms with Crippen LogP contribution < -0.4 is 0 Å². The Kier molecular flexibility index (Phi) is 5.73. The lowest BCUT2D eigenvalue weighted by atomic mass is 10.6. The van der Waals surface area contributed by atoms with Crippen LogP contribution in [-0.4, -0.2) is 31.7 Å². The van der Waals surface area contributed by atoms with Crippen LogP contribution in [0, 0.1) is 0 Å². The molecule has 0 saturated carbocycles. The fourth-order valence-corrected chi connectivity index (χ4v) is 8.17. The molecule has 6 heteroatoms. The van der Waals surface area contributed by atoms with Crippen molar-refractivity contribution in [2.45, 2.75) is 30.5 Å². The summed E-state index contributed by atoms with van der Waals surface area (Å²) in [5.74, 6) is 0.239. The number of sulfone groups is 1. The first kappa shape index (κ1) is 14.1. The number of hydrogen-bond acceptors (Lipinski definition) is 2. The third-order valence-corrected chi connectivity index (χ3v) is 8.16. The van der Waals surface area contributed by atoms with E-state index < -0.39 is 17.9 Å². The van der Waals surface area contributed by atoms with Crippen molar-refractivity contribution in [1.82, 2.24) is 0 Å². The molecule has 0 saturated heterocycles. The fourth-order valence-electron chi connectivity index (χ4n) is 1.04. The minimum Gasteiger partial charge on any atom is -0.228 e. The molecule has 0 aromatic heterocycles. The highest BCUT2D eigenvalue weighted by atomic mass is 79.9. The number of halogens is 2.